The molecule has 1 aromatic carbocycles. The van der Waals surface area contributed by atoms with Gasteiger partial charge in [-0.1, -0.05) is 23.9 Å². The van der Waals surface area contributed by atoms with Gasteiger partial charge in [0.1, 0.15) is 4.83 Å². The molecule has 0 unspecified atom stereocenters. The van der Waals surface area contributed by atoms with Crippen molar-refractivity contribution in [2.24, 2.45) is 0 Å². The van der Waals surface area contributed by atoms with Crippen LogP contribution >= 0.6 is 23.1 Å². The van der Waals surface area contributed by atoms with Crippen molar-refractivity contribution in [1.29, 1.82) is 0 Å². The van der Waals surface area contributed by atoms with Gasteiger partial charge in [0.15, 0.2) is 5.16 Å². The summed E-state index contributed by atoms with van der Waals surface area (Å²) in [5.41, 5.74) is 2.73. The summed E-state index contributed by atoms with van der Waals surface area (Å²) in [4.78, 5) is 35.3. The Hall–Kier alpha value is -2.36. The maximum Gasteiger partial charge on any atom is 0.326 e. The van der Waals surface area contributed by atoms with Gasteiger partial charge >= 0.3 is 5.69 Å². The van der Waals surface area contributed by atoms with Gasteiger partial charge in [-0.15, -0.1) is 11.3 Å². The van der Waals surface area contributed by atoms with Crippen molar-refractivity contribution in [3.63, 3.8) is 0 Å². The average molecular weight is 473 g/mol. The number of para-hydroxylation sites is 2. The fourth-order valence-electron chi connectivity index (χ4n) is 3.80. The van der Waals surface area contributed by atoms with Crippen molar-refractivity contribution < 1.29 is 4.74 Å². The van der Waals surface area contributed by atoms with E-state index in [9.17, 15) is 9.59 Å². The SMILES string of the molecule is CCOCCCn1c(SCCCn2c(=O)[nH]c3ccccc32)nc2sc(C)c(C)c2c1=O. The molecule has 4 aromatic rings. The number of fused-ring (bicyclic) bond motifs is 2. The van der Waals surface area contributed by atoms with Crippen LogP contribution in [0.1, 0.15) is 30.2 Å². The number of thioether (sulfide) groups is 1. The number of aromatic nitrogens is 4. The van der Waals surface area contributed by atoms with Crippen LogP contribution in [0.5, 0.6) is 0 Å². The van der Waals surface area contributed by atoms with Gasteiger partial charge in [-0.2, -0.15) is 0 Å². The molecule has 0 spiro atoms. The second-order valence-corrected chi connectivity index (χ2v) is 9.93. The average Bonchev–Trinajstić information content (AvgIpc) is 3.25. The Bertz CT molecular complexity index is 1350. The lowest BCUT2D eigenvalue weighted by atomic mass is 10.2. The van der Waals surface area contributed by atoms with Crippen molar-refractivity contribution in [3.8, 4) is 0 Å². The highest BCUT2D eigenvalue weighted by Crippen LogP contribution is 2.28. The first-order chi connectivity index (χ1) is 15.5. The van der Waals surface area contributed by atoms with Gasteiger partial charge < -0.3 is 9.72 Å². The summed E-state index contributed by atoms with van der Waals surface area (Å²) in [5.74, 6) is 0.763. The third-order valence-electron chi connectivity index (χ3n) is 5.57. The van der Waals surface area contributed by atoms with Gasteiger partial charge in [0.2, 0.25) is 0 Å². The van der Waals surface area contributed by atoms with E-state index in [0.29, 0.717) is 26.3 Å². The van der Waals surface area contributed by atoms with Crippen molar-refractivity contribution in [1.82, 2.24) is 19.1 Å². The van der Waals surface area contributed by atoms with Gasteiger partial charge in [-0.3, -0.25) is 13.9 Å². The van der Waals surface area contributed by atoms with Gasteiger partial charge in [-0.05, 0) is 51.3 Å². The fraction of sp³-hybridized carbons (Fsp3) is 0.435. The lowest BCUT2D eigenvalue weighted by Gasteiger charge is -2.12. The number of imidazole rings is 1. The zero-order valence-electron chi connectivity index (χ0n) is 18.6. The van der Waals surface area contributed by atoms with E-state index in [1.165, 1.54) is 0 Å². The molecule has 0 aliphatic carbocycles. The van der Waals surface area contributed by atoms with E-state index in [-0.39, 0.29) is 11.2 Å². The molecule has 0 radical (unpaired) electrons. The lowest BCUT2D eigenvalue weighted by Crippen LogP contribution is -2.24. The minimum absolute atomic E-state index is 0.0312. The molecule has 170 valence electrons. The highest BCUT2D eigenvalue weighted by molar-refractivity contribution is 7.99. The first-order valence-electron chi connectivity index (χ1n) is 10.9. The van der Waals surface area contributed by atoms with E-state index >= 15 is 0 Å². The van der Waals surface area contributed by atoms with Crippen molar-refractivity contribution in [2.75, 3.05) is 19.0 Å². The van der Waals surface area contributed by atoms with Gasteiger partial charge in [0, 0.05) is 36.9 Å². The molecule has 3 heterocycles. The summed E-state index contributed by atoms with van der Waals surface area (Å²) < 4.78 is 9.03. The quantitative estimate of drug-likeness (QED) is 0.211. The van der Waals surface area contributed by atoms with Crippen LogP contribution in [-0.2, 0) is 17.8 Å². The predicted molar refractivity (Wildman–Crippen MR) is 132 cm³/mol. The molecule has 0 amide bonds. The molecule has 0 atom stereocenters. The molecular formula is C23H28N4O3S2. The van der Waals surface area contributed by atoms with Crippen LogP contribution in [0.3, 0.4) is 0 Å². The first kappa shape index (κ1) is 22.8. The zero-order valence-corrected chi connectivity index (χ0v) is 20.3. The Labute approximate surface area is 194 Å². The van der Waals surface area contributed by atoms with Gasteiger partial charge in [0.25, 0.3) is 5.56 Å². The second kappa shape index (κ2) is 10.1. The molecule has 4 rings (SSSR count). The number of aromatic amines is 1. The number of nitrogens with one attached hydrogen (secondary N) is 1. The maximum atomic E-state index is 13.3. The van der Waals surface area contributed by atoms with Crippen LogP contribution in [-0.4, -0.2) is 38.1 Å². The lowest BCUT2D eigenvalue weighted by molar-refractivity contribution is 0.140. The number of hydrogen-bond acceptors (Lipinski definition) is 6. The molecule has 7 nitrogen and oxygen atoms in total. The highest BCUT2D eigenvalue weighted by atomic mass is 32.2. The standard InChI is InChI=1S/C23H28N4O3S2/c1-4-30-13-7-11-27-21(28)19-15(2)16(3)32-20(19)25-23(27)31-14-8-12-26-18-10-6-5-9-17(18)24-22(26)29/h5-6,9-10H,4,7-8,11-14H2,1-3H3,(H,24,29). The van der Waals surface area contributed by atoms with E-state index in [1.807, 2.05) is 45.0 Å². The zero-order chi connectivity index (χ0) is 22.7. The summed E-state index contributed by atoms with van der Waals surface area (Å²) in [6.45, 7) is 8.49. The summed E-state index contributed by atoms with van der Waals surface area (Å²) in [5, 5.41) is 1.48. The third-order valence-corrected chi connectivity index (χ3v) is 7.73. The Morgan fingerprint density at radius 3 is 2.72 bits per heavy atom. The molecule has 0 saturated heterocycles. The molecule has 9 heteroatoms. The molecule has 0 saturated carbocycles. The molecule has 1 N–H and O–H groups in total. The van der Waals surface area contributed by atoms with Crippen molar-refractivity contribution >= 4 is 44.3 Å². The van der Waals surface area contributed by atoms with Crippen molar-refractivity contribution in [2.45, 2.75) is 51.9 Å². The molecular weight excluding hydrogens is 444 g/mol. The minimum atomic E-state index is -0.0897. The Morgan fingerprint density at radius 2 is 1.91 bits per heavy atom. The van der Waals surface area contributed by atoms with Crippen LogP contribution in [0, 0.1) is 13.8 Å². The van der Waals surface area contributed by atoms with E-state index in [4.69, 9.17) is 9.72 Å². The summed E-state index contributed by atoms with van der Waals surface area (Å²) in [6, 6.07) is 7.71. The third kappa shape index (κ3) is 4.55. The maximum absolute atomic E-state index is 13.3. The van der Waals surface area contributed by atoms with Gasteiger partial charge in [-0.25, -0.2) is 9.78 Å². The smallest absolute Gasteiger partial charge is 0.326 e. The summed E-state index contributed by atoms with van der Waals surface area (Å²) >= 11 is 3.16. The van der Waals surface area contributed by atoms with E-state index in [1.54, 1.807) is 32.2 Å². The van der Waals surface area contributed by atoms with Gasteiger partial charge in [0.05, 0.1) is 16.4 Å². The number of nitrogens with zero attached hydrogens (tertiary/aromatic N) is 3. The van der Waals surface area contributed by atoms with Crippen molar-refractivity contribution in [3.05, 3.63) is 55.5 Å². The summed E-state index contributed by atoms with van der Waals surface area (Å²) in [6.07, 6.45) is 1.56. The number of hydrogen-bond donors (Lipinski definition) is 1. The highest BCUT2D eigenvalue weighted by Gasteiger charge is 2.17. The minimum Gasteiger partial charge on any atom is -0.382 e. The Kier molecular flexibility index (Phi) is 7.17. The normalized spacial score (nSPS) is 11.7. The van der Waals surface area contributed by atoms with E-state index in [0.717, 1.165) is 55.4 Å². The second-order valence-electron chi connectivity index (χ2n) is 7.67. The van der Waals surface area contributed by atoms with Crippen LogP contribution in [0.15, 0.2) is 39.0 Å². The summed E-state index contributed by atoms with van der Waals surface area (Å²) in [7, 11) is 0. The number of rotatable bonds is 10. The molecule has 32 heavy (non-hydrogen) atoms. The monoisotopic (exact) mass is 472 g/mol. The van der Waals surface area contributed by atoms with E-state index < -0.39 is 0 Å². The van der Waals surface area contributed by atoms with Crippen LogP contribution in [0.25, 0.3) is 21.3 Å². The number of thiophene rings is 1. The molecule has 0 aliphatic rings. The van der Waals surface area contributed by atoms with Crippen LogP contribution in [0.4, 0.5) is 0 Å². The predicted octanol–water partition coefficient (Wildman–Crippen LogP) is 4.33. The number of H-pyrrole nitrogens is 1. The van der Waals surface area contributed by atoms with Crippen LogP contribution < -0.4 is 11.2 Å². The van der Waals surface area contributed by atoms with Crippen LogP contribution in [0.2, 0.25) is 0 Å². The number of benzene rings is 1. The fourth-order valence-corrected chi connectivity index (χ4v) is 5.82. The Balaban J connectivity index is 1.52. The number of ether oxygens (including phenoxy) is 1. The largest absolute Gasteiger partial charge is 0.382 e. The molecule has 0 bridgehead atoms. The van der Waals surface area contributed by atoms with E-state index in [2.05, 4.69) is 4.98 Å². The topological polar surface area (TPSA) is 81.9 Å². The molecule has 3 aromatic heterocycles. The Morgan fingerprint density at radius 1 is 1.12 bits per heavy atom. The first-order valence-corrected chi connectivity index (χ1v) is 12.7. The molecule has 0 fully saturated rings. The molecule has 0 aliphatic heterocycles. The number of aryl methyl sites for hydroxylation is 3.